The summed E-state index contributed by atoms with van der Waals surface area (Å²) in [5.74, 6) is -2.18. The zero-order valence-corrected chi connectivity index (χ0v) is 15.2. The highest BCUT2D eigenvalue weighted by Crippen LogP contribution is 2.34. The summed E-state index contributed by atoms with van der Waals surface area (Å²) < 4.78 is 33.9. The summed E-state index contributed by atoms with van der Waals surface area (Å²) in [6.45, 7) is 3.88. The molecule has 0 bridgehead atoms. The number of benzene rings is 2. The van der Waals surface area contributed by atoms with Crippen molar-refractivity contribution in [3.63, 3.8) is 0 Å². The third kappa shape index (κ3) is 3.43. The van der Waals surface area contributed by atoms with Gasteiger partial charge in [0.25, 0.3) is 0 Å². The SMILES string of the molecule is CCc1c(C)c(-c2ccc(Oc3ccc(F)cc3F)cc2)c(C(=O)O)n1C. The highest BCUT2D eigenvalue weighted by molar-refractivity contribution is 5.96. The fraction of sp³-hybridized carbons (Fsp3) is 0.190. The van der Waals surface area contributed by atoms with Crippen LogP contribution < -0.4 is 4.74 Å². The number of aromatic carboxylic acids is 1. The molecule has 140 valence electrons. The van der Waals surface area contributed by atoms with Crippen molar-refractivity contribution in [1.82, 2.24) is 4.57 Å². The van der Waals surface area contributed by atoms with E-state index >= 15 is 0 Å². The van der Waals surface area contributed by atoms with Gasteiger partial charge in [-0.05, 0) is 48.7 Å². The molecule has 1 heterocycles. The molecule has 1 N–H and O–H groups in total. The quantitative estimate of drug-likeness (QED) is 0.659. The Hall–Kier alpha value is -3.15. The van der Waals surface area contributed by atoms with Gasteiger partial charge in [-0.25, -0.2) is 13.6 Å². The Morgan fingerprint density at radius 2 is 1.81 bits per heavy atom. The van der Waals surface area contributed by atoms with E-state index in [1.165, 1.54) is 6.07 Å². The van der Waals surface area contributed by atoms with Crippen molar-refractivity contribution in [1.29, 1.82) is 0 Å². The standard InChI is InChI=1S/C21H19F2NO3/c1-4-17-12(2)19(20(21(25)26)24(17)3)13-5-8-15(9-6-13)27-18-10-7-14(22)11-16(18)23/h5-11H,4H2,1-3H3,(H,25,26). The zero-order chi connectivity index (χ0) is 19.7. The number of carbonyl (C=O) groups is 1. The molecule has 4 nitrogen and oxygen atoms in total. The number of nitrogens with zero attached hydrogens (tertiary/aromatic N) is 1. The van der Waals surface area contributed by atoms with E-state index < -0.39 is 17.6 Å². The smallest absolute Gasteiger partial charge is 0.353 e. The highest BCUT2D eigenvalue weighted by Gasteiger charge is 2.23. The molecule has 6 heteroatoms. The molecule has 0 spiro atoms. The molecule has 0 radical (unpaired) electrons. The second kappa shape index (κ2) is 7.23. The van der Waals surface area contributed by atoms with Gasteiger partial charge in [-0.1, -0.05) is 19.1 Å². The fourth-order valence-electron chi connectivity index (χ4n) is 3.36. The minimum absolute atomic E-state index is 0.0838. The monoisotopic (exact) mass is 371 g/mol. The maximum Gasteiger partial charge on any atom is 0.353 e. The van der Waals surface area contributed by atoms with E-state index in [1.54, 1.807) is 35.9 Å². The van der Waals surface area contributed by atoms with Crippen molar-refractivity contribution >= 4 is 5.97 Å². The van der Waals surface area contributed by atoms with E-state index in [9.17, 15) is 18.7 Å². The zero-order valence-electron chi connectivity index (χ0n) is 15.2. The molecule has 0 amide bonds. The molecule has 2 aromatic carbocycles. The van der Waals surface area contributed by atoms with Crippen molar-refractivity contribution in [3.8, 4) is 22.6 Å². The average Bonchev–Trinajstić information content (AvgIpc) is 2.88. The lowest BCUT2D eigenvalue weighted by Gasteiger charge is -2.09. The number of hydrogen-bond donors (Lipinski definition) is 1. The molecular formula is C21H19F2NO3. The lowest BCUT2D eigenvalue weighted by molar-refractivity contribution is 0.0687. The number of aromatic nitrogens is 1. The van der Waals surface area contributed by atoms with Gasteiger partial charge in [-0.15, -0.1) is 0 Å². The predicted octanol–water partition coefficient (Wildman–Crippen LogP) is 5.33. The minimum Gasteiger partial charge on any atom is -0.477 e. The van der Waals surface area contributed by atoms with Crippen LogP contribution in [0.15, 0.2) is 42.5 Å². The number of hydrogen-bond acceptors (Lipinski definition) is 2. The number of ether oxygens (including phenoxy) is 1. The van der Waals surface area contributed by atoms with Gasteiger partial charge in [0.05, 0.1) is 0 Å². The largest absolute Gasteiger partial charge is 0.477 e. The van der Waals surface area contributed by atoms with Crippen LogP contribution in [0.25, 0.3) is 11.1 Å². The summed E-state index contributed by atoms with van der Waals surface area (Å²) in [5.41, 5.74) is 3.47. The molecule has 0 unspecified atom stereocenters. The van der Waals surface area contributed by atoms with E-state index in [4.69, 9.17) is 4.74 Å². The Morgan fingerprint density at radius 1 is 1.15 bits per heavy atom. The highest BCUT2D eigenvalue weighted by atomic mass is 19.1. The first-order chi connectivity index (χ1) is 12.8. The van der Waals surface area contributed by atoms with Crippen molar-refractivity contribution in [3.05, 3.63) is 71.1 Å². The van der Waals surface area contributed by atoms with Crippen LogP contribution in [0.3, 0.4) is 0 Å². The summed E-state index contributed by atoms with van der Waals surface area (Å²) in [7, 11) is 1.74. The van der Waals surface area contributed by atoms with Crippen molar-refractivity contribution < 1.29 is 23.4 Å². The van der Waals surface area contributed by atoms with Crippen molar-refractivity contribution in [2.45, 2.75) is 20.3 Å². The van der Waals surface area contributed by atoms with Crippen LogP contribution in [0.1, 0.15) is 28.7 Å². The van der Waals surface area contributed by atoms with Crippen molar-refractivity contribution in [2.24, 2.45) is 7.05 Å². The third-order valence-electron chi connectivity index (χ3n) is 4.59. The predicted molar refractivity (Wildman–Crippen MR) is 98.4 cm³/mol. The molecule has 3 rings (SSSR count). The molecule has 1 aromatic heterocycles. The Bertz CT molecular complexity index is 1010. The van der Waals surface area contributed by atoms with E-state index in [-0.39, 0.29) is 11.4 Å². The topological polar surface area (TPSA) is 51.5 Å². The normalized spacial score (nSPS) is 10.9. The molecular weight excluding hydrogens is 352 g/mol. The number of rotatable bonds is 5. The van der Waals surface area contributed by atoms with Crippen LogP contribution in [0.5, 0.6) is 11.5 Å². The Kier molecular flexibility index (Phi) is 4.99. The van der Waals surface area contributed by atoms with E-state index in [0.717, 1.165) is 29.0 Å². The molecule has 0 atom stereocenters. The van der Waals surface area contributed by atoms with Gasteiger partial charge in [0.2, 0.25) is 0 Å². The van der Waals surface area contributed by atoms with Gasteiger partial charge in [-0.3, -0.25) is 0 Å². The second-order valence-electron chi connectivity index (χ2n) is 6.21. The first kappa shape index (κ1) is 18.6. The van der Waals surface area contributed by atoms with Gasteiger partial charge in [0, 0.05) is 24.4 Å². The van der Waals surface area contributed by atoms with E-state index in [0.29, 0.717) is 17.7 Å². The number of carboxylic acid groups (broad SMARTS) is 1. The number of halogens is 2. The Morgan fingerprint density at radius 3 is 2.37 bits per heavy atom. The molecule has 0 aliphatic rings. The molecule has 0 aliphatic carbocycles. The van der Waals surface area contributed by atoms with Gasteiger partial charge >= 0.3 is 5.97 Å². The maximum absolute atomic E-state index is 13.7. The molecule has 0 fully saturated rings. The third-order valence-corrected chi connectivity index (χ3v) is 4.59. The van der Waals surface area contributed by atoms with Gasteiger partial charge in [0.1, 0.15) is 17.3 Å². The van der Waals surface area contributed by atoms with Gasteiger partial charge in [0.15, 0.2) is 11.6 Å². The summed E-state index contributed by atoms with van der Waals surface area (Å²) in [6.07, 6.45) is 0.716. The van der Waals surface area contributed by atoms with Crippen molar-refractivity contribution in [2.75, 3.05) is 0 Å². The summed E-state index contributed by atoms with van der Waals surface area (Å²) in [5, 5.41) is 9.63. The molecule has 0 saturated carbocycles. The Balaban J connectivity index is 1.98. The van der Waals surface area contributed by atoms with Gasteiger partial charge < -0.3 is 14.4 Å². The van der Waals surface area contributed by atoms with Crippen LogP contribution in [0, 0.1) is 18.6 Å². The lowest BCUT2D eigenvalue weighted by Crippen LogP contribution is -2.07. The van der Waals surface area contributed by atoms with E-state index in [1.807, 2.05) is 13.8 Å². The summed E-state index contributed by atoms with van der Waals surface area (Å²) in [6, 6.07) is 9.80. The van der Waals surface area contributed by atoms with E-state index in [2.05, 4.69) is 0 Å². The minimum atomic E-state index is -0.996. The van der Waals surface area contributed by atoms with Crippen LogP contribution >= 0.6 is 0 Å². The Labute approximate surface area is 155 Å². The van der Waals surface area contributed by atoms with Crippen LogP contribution in [-0.4, -0.2) is 15.6 Å². The molecule has 3 aromatic rings. The van der Waals surface area contributed by atoms with Crippen LogP contribution in [0.2, 0.25) is 0 Å². The maximum atomic E-state index is 13.7. The average molecular weight is 371 g/mol. The summed E-state index contributed by atoms with van der Waals surface area (Å²) in [4.78, 5) is 11.8. The van der Waals surface area contributed by atoms with Crippen LogP contribution in [0.4, 0.5) is 8.78 Å². The first-order valence-corrected chi connectivity index (χ1v) is 8.48. The van der Waals surface area contributed by atoms with Crippen LogP contribution in [-0.2, 0) is 13.5 Å². The fourth-order valence-corrected chi connectivity index (χ4v) is 3.36. The molecule has 27 heavy (non-hydrogen) atoms. The van der Waals surface area contributed by atoms with Gasteiger partial charge in [-0.2, -0.15) is 0 Å². The first-order valence-electron chi connectivity index (χ1n) is 8.48. The number of carboxylic acids is 1. The second-order valence-corrected chi connectivity index (χ2v) is 6.21. The lowest BCUT2D eigenvalue weighted by atomic mass is 10.0. The molecule has 0 aliphatic heterocycles. The molecule has 0 saturated heterocycles. The summed E-state index contributed by atoms with van der Waals surface area (Å²) >= 11 is 0.